The van der Waals surface area contributed by atoms with Crippen molar-refractivity contribution in [2.24, 2.45) is 0 Å². The third-order valence-corrected chi connectivity index (χ3v) is 4.43. The smallest absolute Gasteiger partial charge is 0.481 e. The summed E-state index contributed by atoms with van der Waals surface area (Å²) in [5.41, 5.74) is 3.32. The first-order valence-electron chi connectivity index (χ1n) is 9.24. The van der Waals surface area contributed by atoms with Crippen molar-refractivity contribution < 1.29 is 27.8 Å². The number of halogens is 3. The lowest BCUT2D eigenvalue weighted by Crippen LogP contribution is -2.21. The van der Waals surface area contributed by atoms with Crippen molar-refractivity contribution in [2.75, 3.05) is 7.11 Å². The molecule has 0 spiro atoms. The Morgan fingerprint density at radius 2 is 2.03 bits per heavy atom. The Labute approximate surface area is 184 Å². The minimum Gasteiger partial charge on any atom is -0.481 e. The number of H-pyrrole nitrogens is 1. The lowest BCUT2D eigenvalue weighted by Gasteiger charge is -2.14. The monoisotopic (exact) mass is 459 g/mol. The fraction of sp³-hybridized carbons (Fsp3) is 0.200. The maximum Gasteiger partial charge on any atom is 0.490 e. The Bertz CT molecular complexity index is 1280. The number of hydrogen-bond acceptors (Lipinski definition) is 7. The number of carboxylic acid groups (broad SMARTS) is 1. The number of aromatic amines is 1. The van der Waals surface area contributed by atoms with E-state index < -0.39 is 12.1 Å². The van der Waals surface area contributed by atoms with Crippen molar-refractivity contribution in [3.63, 3.8) is 0 Å². The highest BCUT2D eigenvalue weighted by molar-refractivity contribution is 5.89. The SMILES string of the molecule is COc1ccc(C(CC#N)n2cc(-c3ncnc4[nH]ccc34)cn2)cn1.O=C(O)C(F)(F)F. The van der Waals surface area contributed by atoms with Crippen LogP contribution in [0.4, 0.5) is 13.2 Å². The van der Waals surface area contributed by atoms with E-state index in [9.17, 15) is 18.4 Å². The fourth-order valence-corrected chi connectivity index (χ4v) is 2.89. The lowest BCUT2D eigenvalue weighted by molar-refractivity contribution is -0.192. The van der Waals surface area contributed by atoms with Crippen LogP contribution in [0.5, 0.6) is 5.88 Å². The molecule has 4 heterocycles. The minimum absolute atomic E-state index is 0.240. The van der Waals surface area contributed by atoms with E-state index in [4.69, 9.17) is 14.6 Å². The van der Waals surface area contributed by atoms with Crippen LogP contribution < -0.4 is 4.74 Å². The number of aromatic nitrogens is 6. The normalized spacial score (nSPS) is 11.8. The van der Waals surface area contributed by atoms with Crippen molar-refractivity contribution in [1.82, 2.24) is 29.7 Å². The summed E-state index contributed by atoms with van der Waals surface area (Å²) in [7, 11) is 1.57. The molecule has 13 heteroatoms. The number of hydrogen-bond donors (Lipinski definition) is 2. The predicted molar refractivity (Wildman–Crippen MR) is 108 cm³/mol. The first-order chi connectivity index (χ1) is 15.7. The third-order valence-electron chi connectivity index (χ3n) is 4.43. The second kappa shape index (κ2) is 9.77. The highest BCUT2D eigenvalue weighted by Gasteiger charge is 2.38. The van der Waals surface area contributed by atoms with Crippen LogP contribution in [0.1, 0.15) is 18.0 Å². The van der Waals surface area contributed by atoms with E-state index in [1.165, 1.54) is 6.33 Å². The summed E-state index contributed by atoms with van der Waals surface area (Å²) in [6, 6.07) is 7.58. The lowest BCUT2D eigenvalue weighted by atomic mass is 10.1. The third kappa shape index (κ3) is 5.42. The molecule has 4 aromatic rings. The number of nitrogens with zero attached hydrogens (tertiary/aromatic N) is 6. The molecule has 0 amide bonds. The molecule has 0 fully saturated rings. The zero-order chi connectivity index (χ0) is 24.0. The summed E-state index contributed by atoms with van der Waals surface area (Å²) >= 11 is 0. The van der Waals surface area contributed by atoms with Gasteiger partial charge in [0.25, 0.3) is 0 Å². The number of pyridine rings is 1. The summed E-state index contributed by atoms with van der Waals surface area (Å²) in [4.78, 5) is 24.8. The van der Waals surface area contributed by atoms with Crippen LogP contribution in [-0.4, -0.2) is 54.1 Å². The summed E-state index contributed by atoms with van der Waals surface area (Å²) in [5.74, 6) is -2.23. The van der Waals surface area contributed by atoms with E-state index in [2.05, 4.69) is 31.1 Å². The fourth-order valence-electron chi connectivity index (χ4n) is 2.89. The van der Waals surface area contributed by atoms with E-state index in [1.54, 1.807) is 30.3 Å². The van der Waals surface area contributed by atoms with Crippen LogP contribution >= 0.6 is 0 Å². The van der Waals surface area contributed by atoms with Gasteiger partial charge in [-0.25, -0.2) is 19.7 Å². The molecule has 0 aliphatic rings. The van der Waals surface area contributed by atoms with Gasteiger partial charge in [0.05, 0.1) is 37.5 Å². The van der Waals surface area contributed by atoms with Crippen LogP contribution in [-0.2, 0) is 4.79 Å². The molecule has 0 aliphatic heterocycles. The molecular formula is C20H16F3N7O3. The van der Waals surface area contributed by atoms with Crippen molar-refractivity contribution >= 4 is 17.0 Å². The first-order valence-corrected chi connectivity index (χ1v) is 9.24. The van der Waals surface area contributed by atoms with Gasteiger partial charge in [0.15, 0.2) is 0 Å². The Hall–Kier alpha value is -4.47. The molecule has 0 saturated heterocycles. The Morgan fingerprint density at radius 3 is 2.64 bits per heavy atom. The second-order valence-corrected chi connectivity index (χ2v) is 6.49. The zero-order valence-corrected chi connectivity index (χ0v) is 17.0. The number of ether oxygens (including phenoxy) is 1. The Balaban J connectivity index is 0.000000383. The highest BCUT2D eigenvalue weighted by atomic mass is 19.4. The van der Waals surface area contributed by atoms with Gasteiger partial charge >= 0.3 is 12.1 Å². The summed E-state index contributed by atoms with van der Waals surface area (Å²) in [6.07, 6.45) is 3.88. The molecular weight excluding hydrogens is 443 g/mol. The van der Waals surface area contributed by atoms with Gasteiger partial charge in [-0.3, -0.25) is 4.68 Å². The van der Waals surface area contributed by atoms with E-state index in [1.807, 2.05) is 24.5 Å². The first kappa shape index (κ1) is 23.2. The van der Waals surface area contributed by atoms with Gasteiger partial charge < -0.3 is 14.8 Å². The van der Waals surface area contributed by atoms with Gasteiger partial charge in [-0.15, -0.1) is 0 Å². The number of methoxy groups -OCH3 is 1. The number of fused-ring (bicyclic) bond motifs is 1. The minimum atomic E-state index is -5.08. The molecule has 4 rings (SSSR count). The number of carbonyl (C=O) groups is 1. The van der Waals surface area contributed by atoms with Gasteiger partial charge in [0, 0.05) is 35.6 Å². The van der Waals surface area contributed by atoms with E-state index >= 15 is 0 Å². The number of aliphatic carboxylic acids is 1. The quantitative estimate of drug-likeness (QED) is 0.463. The van der Waals surface area contributed by atoms with Crippen LogP contribution in [0, 0.1) is 11.3 Å². The van der Waals surface area contributed by atoms with Crippen LogP contribution in [0.2, 0.25) is 0 Å². The summed E-state index contributed by atoms with van der Waals surface area (Å²) in [6.45, 7) is 0. The molecule has 1 unspecified atom stereocenters. The molecule has 0 aromatic carbocycles. The average Bonchev–Trinajstić information content (AvgIpc) is 3.47. The molecule has 2 N–H and O–H groups in total. The molecule has 0 saturated carbocycles. The topological polar surface area (TPSA) is 143 Å². The van der Waals surface area contributed by atoms with Crippen molar-refractivity contribution in [3.8, 4) is 23.2 Å². The Morgan fingerprint density at radius 1 is 1.27 bits per heavy atom. The molecule has 10 nitrogen and oxygen atoms in total. The number of carboxylic acids is 1. The molecule has 170 valence electrons. The zero-order valence-electron chi connectivity index (χ0n) is 17.0. The number of alkyl halides is 3. The van der Waals surface area contributed by atoms with Gasteiger partial charge in [-0.05, 0) is 17.7 Å². The maximum absolute atomic E-state index is 10.6. The van der Waals surface area contributed by atoms with Gasteiger partial charge in [-0.2, -0.15) is 23.5 Å². The molecule has 33 heavy (non-hydrogen) atoms. The number of nitriles is 1. The molecule has 0 radical (unpaired) electrons. The van der Waals surface area contributed by atoms with Gasteiger partial charge in [-0.1, -0.05) is 0 Å². The van der Waals surface area contributed by atoms with Crippen molar-refractivity contribution in [3.05, 3.63) is 54.9 Å². The second-order valence-electron chi connectivity index (χ2n) is 6.49. The summed E-state index contributed by atoms with van der Waals surface area (Å²) in [5, 5.41) is 21.7. The van der Waals surface area contributed by atoms with Crippen molar-refractivity contribution in [1.29, 1.82) is 5.26 Å². The van der Waals surface area contributed by atoms with Crippen LogP contribution in [0.25, 0.3) is 22.3 Å². The van der Waals surface area contributed by atoms with E-state index in [-0.39, 0.29) is 12.5 Å². The predicted octanol–water partition coefficient (Wildman–Crippen LogP) is 3.36. The van der Waals surface area contributed by atoms with E-state index in [0.717, 1.165) is 27.9 Å². The Kier molecular flexibility index (Phi) is 6.87. The maximum atomic E-state index is 10.6. The molecule has 0 aliphatic carbocycles. The van der Waals surface area contributed by atoms with Gasteiger partial charge in [0.1, 0.15) is 12.0 Å². The van der Waals surface area contributed by atoms with Crippen molar-refractivity contribution in [2.45, 2.75) is 18.6 Å². The van der Waals surface area contributed by atoms with E-state index in [0.29, 0.717) is 5.88 Å². The average molecular weight is 459 g/mol. The number of nitrogens with one attached hydrogen (secondary N) is 1. The number of rotatable bonds is 5. The van der Waals surface area contributed by atoms with Crippen LogP contribution in [0.15, 0.2) is 49.3 Å². The molecule has 0 bridgehead atoms. The molecule has 1 atom stereocenters. The molecule has 4 aromatic heterocycles. The highest BCUT2D eigenvalue weighted by Crippen LogP contribution is 2.28. The largest absolute Gasteiger partial charge is 0.490 e. The van der Waals surface area contributed by atoms with Crippen LogP contribution in [0.3, 0.4) is 0 Å². The standard InChI is InChI=1S/C18H15N7O.C2HF3O2/c1-26-16-3-2-12(8-21-16)15(4-6-19)25-10-13(9-24-25)17-14-5-7-20-18(14)23-11-22-17;3-2(4,5)1(6)7/h2-3,5,7-11,15H,4H2,1H3,(H,20,22,23);(H,6,7). The van der Waals surface area contributed by atoms with Gasteiger partial charge in [0.2, 0.25) is 5.88 Å². The summed E-state index contributed by atoms with van der Waals surface area (Å²) < 4.78 is 38.6.